The summed E-state index contributed by atoms with van der Waals surface area (Å²) >= 11 is 0. The second-order valence-electron chi connectivity index (χ2n) is 6.05. The largest absolute Gasteiger partial charge is 0.493 e. The number of nitrogens with one attached hydrogen (secondary N) is 2. The Bertz CT molecular complexity index is 1210. The van der Waals surface area contributed by atoms with Crippen LogP contribution in [0.3, 0.4) is 0 Å². The number of aromatic nitrogens is 4. The van der Waals surface area contributed by atoms with Crippen LogP contribution in [-0.4, -0.2) is 27.8 Å². The zero-order chi connectivity index (χ0) is 20.4. The summed E-state index contributed by atoms with van der Waals surface area (Å²) in [5.74, 6) is 1.03. The van der Waals surface area contributed by atoms with Crippen molar-refractivity contribution in [2.45, 2.75) is 33.9 Å². The molecule has 0 saturated heterocycles. The summed E-state index contributed by atoms with van der Waals surface area (Å²) in [4.78, 5) is 43.2. The van der Waals surface area contributed by atoms with Gasteiger partial charge in [0.2, 0.25) is 5.65 Å². The third-order valence-corrected chi connectivity index (χ3v) is 4.53. The van der Waals surface area contributed by atoms with Gasteiger partial charge < -0.3 is 9.47 Å². The van der Waals surface area contributed by atoms with Gasteiger partial charge in [0.15, 0.2) is 16.9 Å². The maximum atomic E-state index is 13.0. The molecule has 0 aliphatic heterocycles. The van der Waals surface area contributed by atoms with Crippen molar-refractivity contribution < 1.29 is 14.5 Å². The fourth-order valence-corrected chi connectivity index (χ4v) is 3.26. The van der Waals surface area contributed by atoms with Crippen LogP contribution < -0.4 is 31.4 Å². The lowest BCUT2D eigenvalue weighted by Gasteiger charge is -2.12. The Morgan fingerprint density at radius 2 is 1.75 bits per heavy atom. The highest BCUT2D eigenvalue weighted by Crippen LogP contribution is 2.32. The Morgan fingerprint density at radius 3 is 2.36 bits per heavy atom. The van der Waals surface area contributed by atoms with E-state index in [4.69, 9.17) is 9.47 Å². The molecule has 0 aliphatic rings. The first-order valence-corrected chi connectivity index (χ1v) is 9.10. The van der Waals surface area contributed by atoms with Crippen LogP contribution in [0.25, 0.3) is 22.3 Å². The number of benzene rings is 1. The minimum Gasteiger partial charge on any atom is -0.493 e. The molecule has 3 aromatic rings. The molecule has 0 bridgehead atoms. The second-order valence-corrected chi connectivity index (χ2v) is 6.05. The third-order valence-electron chi connectivity index (χ3n) is 4.53. The van der Waals surface area contributed by atoms with Gasteiger partial charge in [0, 0.05) is 12.1 Å². The number of aryl methyl sites for hydroxylation is 1. The van der Waals surface area contributed by atoms with E-state index >= 15 is 0 Å². The molecule has 0 radical (unpaired) electrons. The quantitative estimate of drug-likeness (QED) is 0.672. The lowest BCUT2D eigenvalue weighted by Crippen LogP contribution is -2.45. The molecule has 148 valence electrons. The molecule has 2 heterocycles. The van der Waals surface area contributed by atoms with Gasteiger partial charge in [0.05, 0.1) is 20.3 Å². The summed E-state index contributed by atoms with van der Waals surface area (Å²) in [7, 11) is 1.53. The van der Waals surface area contributed by atoms with Crippen LogP contribution >= 0.6 is 0 Å². The monoisotopic (exact) mass is 387 g/mol. The number of ether oxygens (including phenoxy) is 2. The topological polar surface area (TPSA) is 109 Å². The minimum absolute atomic E-state index is 0.190. The van der Waals surface area contributed by atoms with E-state index in [0.29, 0.717) is 35.9 Å². The van der Waals surface area contributed by atoms with Crippen molar-refractivity contribution in [3.63, 3.8) is 0 Å². The number of nitrogens with zero attached hydrogens (tertiary/aromatic N) is 2. The van der Waals surface area contributed by atoms with E-state index in [1.807, 2.05) is 6.92 Å². The second kappa shape index (κ2) is 7.71. The van der Waals surface area contributed by atoms with Gasteiger partial charge in [0.1, 0.15) is 5.69 Å². The third kappa shape index (κ3) is 3.08. The molecular formula is C19H23N4O5+. The first kappa shape index (κ1) is 19.4. The molecule has 2 aromatic heterocycles. The van der Waals surface area contributed by atoms with Crippen molar-refractivity contribution in [3.8, 4) is 22.8 Å². The van der Waals surface area contributed by atoms with E-state index in [2.05, 4.69) is 9.97 Å². The first-order valence-electron chi connectivity index (χ1n) is 9.10. The van der Waals surface area contributed by atoms with Gasteiger partial charge in [-0.05, 0) is 39.0 Å². The summed E-state index contributed by atoms with van der Waals surface area (Å²) < 4.78 is 13.4. The molecular weight excluding hydrogens is 364 g/mol. The Hall–Kier alpha value is -3.36. The Kier molecular flexibility index (Phi) is 5.34. The van der Waals surface area contributed by atoms with Gasteiger partial charge in [0.25, 0.3) is 5.56 Å². The van der Waals surface area contributed by atoms with E-state index in [9.17, 15) is 14.4 Å². The zero-order valence-electron chi connectivity index (χ0n) is 16.3. The normalized spacial score (nSPS) is 11.0. The van der Waals surface area contributed by atoms with Crippen molar-refractivity contribution in [2.75, 3.05) is 13.7 Å². The molecule has 0 amide bonds. The molecule has 0 aliphatic carbocycles. The zero-order valence-corrected chi connectivity index (χ0v) is 16.3. The molecule has 28 heavy (non-hydrogen) atoms. The van der Waals surface area contributed by atoms with E-state index in [0.717, 1.165) is 4.57 Å². The summed E-state index contributed by atoms with van der Waals surface area (Å²) in [5.41, 5.74) is -0.372. The summed E-state index contributed by atoms with van der Waals surface area (Å²) in [6, 6.07) is 5.13. The fraction of sp³-hybridized carbons (Fsp3) is 0.368. The Morgan fingerprint density at radius 1 is 1.04 bits per heavy atom. The highest BCUT2D eigenvalue weighted by atomic mass is 16.5. The predicted molar refractivity (Wildman–Crippen MR) is 104 cm³/mol. The van der Waals surface area contributed by atoms with Crippen LogP contribution in [0, 0.1) is 0 Å². The van der Waals surface area contributed by atoms with E-state index in [1.54, 1.807) is 32.0 Å². The van der Waals surface area contributed by atoms with E-state index in [-0.39, 0.29) is 17.6 Å². The number of hydrogen-bond donors (Lipinski definition) is 1. The SMILES string of the molecule is CCOc1cc(-c2[nH]c(=O)[nH+]c3c2c(=O)n(CC)c(=O)n3CC)ccc1OC. The highest BCUT2D eigenvalue weighted by Gasteiger charge is 2.23. The van der Waals surface area contributed by atoms with Gasteiger partial charge in [-0.15, -0.1) is 0 Å². The maximum absolute atomic E-state index is 13.0. The molecule has 0 atom stereocenters. The van der Waals surface area contributed by atoms with Crippen LogP contribution in [0.1, 0.15) is 20.8 Å². The van der Waals surface area contributed by atoms with Crippen molar-refractivity contribution in [3.05, 3.63) is 49.5 Å². The van der Waals surface area contributed by atoms with E-state index in [1.165, 1.54) is 11.7 Å². The van der Waals surface area contributed by atoms with Gasteiger partial charge in [-0.2, -0.15) is 0 Å². The van der Waals surface area contributed by atoms with Gasteiger partial charge in [-0.1, -0.05) is 0 Å². The average Bonchev–Trinajstić information content (AvgIpc) is 2.68. The molecule has 1 aromatic carbocycles. The summed E-state index contributed by atoms with van der Waals surface area (Å²) in [6.45, 7) is 6.31. The number of rotatable bonds is 6. The number of methoxy groups -OCH3 is 1. The van der Waals surface area contributed by atoms with Crippen LogP contribution in [0.5, 0.6) is 11.5 Å². The van der Waals surface area contributed by atoms with Crippen molar-refractivity contribution >= 4 is 11.0 Å². The standard InChI is InChI=1S/C19H22N4O5/c1-5-22-16-14(17(24)23(6-2)19(22)26)15(20-18(25)21-16)11-8-9-12(27-4)13(10-11)28-7-3/h8-10H,5-7H2,1-4H3,(H,20,21,25)/p+1. The summed E-state index contributed by atoms with van der Waals surface area (Å²) in [5, 5.41) is 0.232. The minimum atomic E-state index is -0.522. The summed E-state index contributed by atoms with van der Waals surface area (Å²) in [6.07, 6.45) is 0. The van der Waals surface area contributed by atoms with Gasteiger partial charge in [-0.3, -0.25) is 4.79 Å². The molecule has 2 N–H and O–H groups in total. The lowest BCUT2D eigenvalue weighted by atomic mass is 10.1. The molecule has 9 nitrogen and oxygen atoms in total. The lowest BCUT2D eigenvalue weighted by molar-refractivity contribution is -0.374. The predicted octanol–water partition coefficient (Wildman–Crippen LogP) is 0.780. The van der Waals surface area contributed by atoms with Crippen LogP contribution in [-0.2, 0) is 13.1 Å². The molecule has 0 unspecified atom stereocenters. The van der Waals surface area contributed by atoms with Gasteiger partial charge in [-0.25, -0.2) is 28.7 Å². The average molecular weight is 387 g/mol. The Balaban J connectivity index is 2.46. The maximum Gasteiger partial charge on any atom is 0.439 e. The number of hydrogen-bond acceptors (Lipinski definition) is 5. The highest BCUT2D eigenvalue weighted by molar-refractivity contribution is 5.88. The first-order chi connectivity index (χ1) is 13.5. The molecule has 0 spiro atoms. The van der Waals surface area contributed by atoms with Gasteiger partial charge >= 0.3 is 11.4 Å². The van der Waals surface area contributed by atoms with Crippen molar-refractivity contribution in [1.29, 1.82) is 0 Å². The van der Waals surface area contributed by atoms with Crippen LogP contribution in [0.4, 0.5) is 0 Å². The smallest absolute Gasteiger partial charge is 0.439 e. The number of fused-ring (bicyclic) bond motifs is 1. The Labute approximate surface area is 160 Å². The molecule has 0 saturated carbocycles. The molecule has 9 heteroatoms. The number of aromatic amines is 2. The number of H-pyrrole nitrogens is 2. The van der Waals surface area contributed by atoms with Crippen molar-refractivity contribution in [1.82, 2.24) is 14.1 Å². The van der Waals surface area contributed by atoms with Crippen LogP contribution in [0.2, 0.25) is 0 Å². The van der Waals surface area contributed by atoms with Crippen molar-refractivity contribution in [2.24, 2.45) is 0 Å². The van der Waals surface area contributed by atoms with Crippen LogP contribution in [0.15, 0.2) is 32.6 Å². The molecule has 0 fully saturated rings. The molecule has 3 rings (SSSR count). The van der Waals surface area contributed by atoms with E-state index < -0.39 is 16.9 Å². The fourth-order valence-electron chi connectivity index (χ4n) is 3.26.